The average molecular weight is 193 g/mol. The van der Waals surface area contributed by atoms with Crippen LogP contribution in [0, 0.1) is 5.92 Å². The maximum atomic E-state index is 6.06. The summed E-state index contributed by atoms with van der Waals surface area (Å²) in [5.74, 6) is 2.16. The Morgan fingerprint density at radius 1 is 1.57 bits per heavy atom. The summed E-state index contributed by atoms with van der Waals surface area (Å²) in [6.07, 6.45) is 5.76. The van der Waals surface area contributed by atoms with Crippen molar-refractivity contribution in [2.75, 3.05) is 5.73 Å². The van der Waals surface area contributed by atoms with Crippen molar-refractivity contribution in [3.8, 4) is 0 Å². The molecule has 1 aliphatic carbocycles. The van der Waals surface area contributed by atoms with E-state index in [1.54, 1.807) is 0 Å². The van der Waals surface area contributed by atoms with E-state index >= 15 is 0 Å². The molecule has 0 radical (unpaired) electrons. The van der Waals surface area contributed by atoms with E-state index in [0.717, 1.165) is 18.1 Å². The van der Waals surface area contributed by atoms with Crippen LogP contribution in [0.1, 0.15) is 44.7 Å². The van der Waals surface area contributed by atoms with Crippen molar-refractivity contribution in [3.05, 3.63) is 12.0 Å². The first kappa shape index (κ1) is 9.56. The highest BCUT2D eigenvalue weighted by molar-refractivity contribution is 5.39. The lowest BCUT2D eigenvalue weighted by molar-refractivity contribution is 0.413. The van der Waals surface area contributed by atoms with Gasteiger partial charge in [-0.25, -0.2) is 4.98 Å². The number of nitrogen functional groups attached to an aromatic ring is 1. The fourth-order valence-electron chi connectivity index (χ4n) is 1.94. The van der Waals surface area contributed by atoms with E-state index in [4.69, 9.17) is 5.73 Å². The van der Waals surface area contributed by atoms with Crippen LogP contribution in [-0.2, 0) is 6.54 Å². The number of anilines is 1. The number of nitrogens with zero attached hydrogens (tertiary/aromatic N) is 2. The first-order valence-electron chi connectivity index (χ1n) is 5.49. The highest BCUT2D eigenvalue weighted by Gasteiger charge is 2.24. The molecule has 0 unspecified atom stereocenters. The van der Waals surface area contributed by atoms with Gasteiger partial charge in [-0.05, 0) is 18.8 Å². The van der Waals surface area contributed by atoms with Crippen molar-refractivity contribution < 1.29 is 0 Å². The molecule has 2 rings (SSSR count). The first-order valence-corrected chi connectivity index (χ1v) is 5.49. The molecule has 1 heterocycles. The van der Waals surface area contributed by atoms with Crippen LogP contribution in [0.3, 0.4) is 0 Å². The Balaban J connectivity index is 2.14. The van der Waals surface area contributed by atoms with E-state index in [1.165, 1.54) is 19.3 Å². The van der Waals surface area contributed by atoms with Crippen LogP contribution in [0.4, 0.5) is 5.82 Å². The number of rotatable bonds is 3. The monoisotopic (exact) mass is 193 g/mol. The first-order chi connectivity index (χ1) is 6.68. The number of aromatic nitrogens is 2. The molecule has 3 heteroatoms. The summed E-state index contributed by atoms with van der Waals surface area (Å²) >= 11 is 0. The van der Waals surface area contributed by atoms with Gasteiger partial charge in [-0.15, -0.1) is 0 Å². The minimum atomic E-state index is 0.626. The summed E-state index contributed by atoms with van der Waals surface area (Å²) in [5.41, 5.74) is 7.20. The SMILES string of the molecule is CC(C)Cn1cnc(C2CCC2)c1N. The lowest BCUT2D eigenvalue weighted by Crippen LogP contribution is -2.13. The zero-order chi connectivity index (χ0) is 10.1. The Bertz CT molecular complexity index is 310. The van der Waals surface area contributed by atoms with E-state index in [9.17, 15) is 0 Å². The minimum absolute atomic E-state index is 0.626. The minimum Gasteiger partial charge on any atom is -0.384 e. The van der Waals surface area contributed by atoms with Gasteiger partial charge < -0.3 is 10.3 Å². The van der Waals surface area contributed by atoms with Gasteiger partial charge in [0, 0.05) is 12.5 Å². The van der Waals surface area contributed by atoms with Crippen LogP contribution in [-0.4, -0.2) is 9.55 Å². The van der Waals surface area contributed by atoms with E-state index in [-0.39, 0.29) is 0 Å². The second-order valence-corrected chi connectivity index (χ2v) is 4.69. The summed E-state index contributed by atoms with van der Waals surface area (Å²) in [6.45, 7) is 5.37. The molecule has 3 nitrogen and oxygen atoms in total. The third kappa shape index (κ3) is 1.63. The van der Waals surface area contributed by atoms with Crippen LogP contribution in [0.5, 0.6) is 0 Å². The third-order valence-corrected chi connectivity index (χ3v) is 2.96. The predicted molar refractivity (Wildman–Crippen MR) is 58.1 cm³/mol. The van der Waals surface area contributed by atoms with E-state index in [1.807, 2.05) is 6.33 Å². The molecule has 0 saturated heterocycles. The number of imidazole rings is 1. The molecule has 0 atom stereocenters. The molecule has 2 N–H and O–H groups in total. The van der Waals surface area contributed by atoms with Gasteiger partial charge in [0.15, 0.2) is 0 Å². The van der Waals surface area contributed by atoms with Crippen LogP contribution in [0.15, 0.2) is 6.33 Å². The summed E-state index contributed by atoms with van der Waals surface area (Å²) in [6, 6.07) is 0. The van der Waals surface area contributed by atoms with Crippen molar-refractivity contribution in [1.82, 2.24) is 9.55 Å². The van der Waals surface area contributed by atoms with Gasteiger partial charge in [0.2, 0.25) is 0 Å². The van der Waals surface area contributed by atoms with E-state index < -0.39 is 0 Å². The van der Waals surface area contributed by atoms with Gasteiger partial charge in [0.05, 0.1) is 12.0 Å². The molecule has 1 aliphatic rings. The van der Waals surface area contributed by atoms with Gasteiger partial charge in [0.1, 0.15) is 5.82 Å². The summed E-state index contributed by atoms with van der Waals surface area (Å²) < 4.78 is 2.08. The quantitative estimate of drug-likeness (QED) is 0.801. The van der Waals surface area contributed by atoms with Crippen molar-refractivity contribution in [2.45, 2.75) is 45.6 Å². The van der Waals surface area contributed by atoms with Crippen LogP contribution in [0.2, 0.25) is 0 Å². The topological polar surface area (TPSA) is 43.8 Å². The maximum Gasteiger partial charge on any atom is 0.126 e. The predicted octanol–water partition coefficient (Wildman–Crippen LogP) is 2.39. The van der Waals surface area contributed by atoms with Crippen LogP contribution < -0.4 is 5.73 Å². The molecule has 0 bridgehead atoms. The van der Waals surface area contributed by atoms with E-state index in [0.29, 0.717) is 11.8 Å². The van der Waals surface area contributed by atoms with Crippen molar-refractivity contribution in [3.63, 3.8) is 0 Å². The molecule has 0 aromatic carbocycles. The molecule has 1 fully saturated rings. The van der Waals surface area contributed by atoms with E-state index in [2.05, 4.69) is 23.4 Å². The Morgan fingerprint density at radius 3 is 2.79 bits per heavy atom. The van der Waals surface area contributed by atoms with Gasteiger partial charge >= 0.3 is 0 Å². The van der Waals surface area contributed by atoms with Gasteiger partial charge in [-0.3, -0.25) is 0 Å². The Labute approximate surface area is 85.3 Å². The van der Waals surface area contributed by atoms with Crippen molar-refractivity contribution in [2.24, 2.45) is 5.92 Å². The molecule has 78 valence electrons. The third-order valence-electron chi connectivity index (χ3n) is 2.96. The molecular formula is C11H19N3. The molecule has 1 saturated carbocycles. The van der Waals surface area contributed by atoms with Crippen molar-refractivity contribution in [1.29, 1.82) is 0 Å². The summed E-state index contributed by atoms with van der Waals surface area (Å²) in [7, 11) is 0. The highest BCUT2D eigenvalue weighted by Crippen LogP contribution is 2.38. The lowest BCUT2D eigenvalue weighted by atomic mass is 9.83. The standard InChI is InChI=1S/C11H19N3/c1-8(2)6-14-7-13-10(11(14)12)9-4-3-5-9/h7-9H,3-6,12H2,1-2H3. The molecule has 1 aromatic rings. The summed E-state index contributed by atoms with van der Waals surface area (Å²) in [4.78, 5) is 4.43. The molecule has 0 aliphatic heterocycles. The van der Waals surface area contributed by atoms with Crippen LogP contribution in [0.25, 0.3) is 0 Å². The number of hydrogen-bond donors (Lipinski definition) is 1. The fourth-order valence-corrected chi connectivity index (χ4v) is 1.94. The van der Waals surface area contributed by atoms with Crippen LogP contribution >= 0.6 is 0 Å². The smallest absolute Gasteiger partial charge is 0.126 e. The highest BCUT2D eigenvalue weighted by atomic mass is 15.1. The summed E-state index contributed by atoms with van der Waals surface area (Å²) in [5, 5.41) is 0. The zero-order valence-electron chi connectivity index (χ0n) is 9.03. The number of hydrogen-bond acceptors (Lipinski definition) is 2. The molecule has 14 heavy (non-hydrogen) atoms. The molecule has 0 spiro atoms. The molecule has 1 aromatic heterocycles. The van der Waals surface area contributed by atoms with Gasteiger partial charge in [-0.1, -0.05) is 20.3 Å². The number of nitrogens with two attached hydrogens (primary N) is 1. The van der Waals surface area contributed by atoms with Gasteiger partial charge in [0.25, 0.3) is 0 Å². The Hall–Kier alpha value is -0.990. The second-order valence-electron chi connectivity index (χ2n) is 4.69. The lowest BCUT2D eigenvalue weighted by Gasteiger charge is -2.24. The Kier molecular flexibility index (Phi) is 2.48. The van der Waals surface area contributed by atoms with Crippen molar-refractivity contribution >= 4 is 5.82 Å². The largest absolute Gasteiger partial charge is 0.384 e. The zero-order valence-corrected chi connectivity index (χ0v) is 9.03. The fraction of sp³-hybridized carbons (Fsp3) is 0.727. The molecule has 0 amide bonds. The second kappa shape index (κ2) is 3.64. The normalized spacial score (nSPS) is 17.4. The average Bonchev–Trinajstić information content (AvgIpc) is 2.32. The van der Waals surface area contributed by atoms with Gasteiger partial charge in [-0.2, -0.15) is 0 Å². The Morgan fingerprint density at radius 2 is 2.29 bits per heavy atom. The molecular weight excluding hydrogens is 174 g/mol. The maximum absolute atomic E-state index is 6.06.